The molecule has 0 saturated carbocycles. The first kappa shape index (κ1) is 20.6. The van der Waals surface area contributed by atoms with Crippen molar-refractivity contribution < 1.29 is 8.42 Å². The lowest BCUT2D eigenvalue weighted by Gasteiger charge is -2.34. The van der Waals surface area contributed by atoms with Crippen molar-refractivity contribution in [3.63, 3.8) is 0 Å². The van der Waals surface area contributed by atoms with Gasteiger partial charge >= 0.3 is 0 Å². The van der Waals surface area contributed by atoms with Crippen molar-refractivity contribution >= 4 is 21.7 Å². The van der Waals surface area contributed by atoms with Crippen molar-refractivity contribution in [2.45, 2.75) is 30.6 Å². The third kappa shape index (κ3) is 4.25. The average Bonchev–Trinajstić information content (AvgIpc) is 3.09. The van der Waals surface area contributed by atoms with E-state index in [2.05, 4.69) is 20.0 Å². The Kier molecular flexibility index (Phi) is 6.16. The van der Waals surface area contributed by atoms with Crippen molar-refractivity contribution in [3.05, 3.63) is 42.0 Å². The zero-order valence-electron chi connectivity index (χ0n) is 16.9. The van der Waals surface area contributed by atoms with Gasteiger partial charge in [0.25, 0.3) is 0 Å². The fraction of sp³-hybridized carbons (Fsp3) is 0.476. The van der Waals surface area contributed by atoms with Crippen molar-refractivity contribution in [1.82, 2.24) is 14.5 Å². The Labute approximate surface area is 177 Å². The topological polar surface area (TPSA) is 93.4 Å². The molecule has 4 rings (SSSR count). The summed E-state index contributed by atoms with van der Waals surface area (Å²) in [6.07, 6.45) is 4.92. The number of piperazine rings is 1. The Morgan fingerprint density at radius 2 is 1.33 bits per heavy atom. The number of sulfonamides is 1. The van der Waals surface area contributed by atoms with Crippen molar-refractivity contribution in [2.24, 2.45) is 0 Å². The summed E-state index contributed by atoms with van der Waals surface area (Å²) in [4.78, 5) is 4.42. The minimum absolute atomic E-state index is 0.0718. The second kappa shape index (κ2) is 8.98. The molecule has 2 fully saturated rings. The first-order chi connectivity index (χ1) is 14.6. The SMILES string of the molecule is N#Cc1ccccc1S(=O)(=O)N1CCN(c2ccc(N3CCCCCC3)nn2)CC1. The monoisotopic (exact) mass is 426 g/mol. The number of benzene rings is 1. The van der Waals surface area contributed by atoms with E-state index in [-0.39, 0.29) is 10.5 Å². The van der Waals surface area contributed by atoms with Crippen LogP contribution in [0, 0.1) is 11.3 Å². The summed E-state index contributed by atoms with van der Waals surface area (Å²) in [5.74, 6) is 1.68. The van der Waals surface area contributed by atoms with E-state index in [1.54, 1.807) is 12.1 Å². The van der Waals surface area contributed by atoms with E-state index >= 15 is 0 Å². The van der Waals surface area contributed by atoms with Gasteiger partial charge < -0.3 is 9.80 Å². The molecule has 0 spiro atoms. The zero-order valence-corrected chi connectivity index (χ0v) is 17.8. The number of rotatable bonds is 4. The molecule has 1 aromatic heterocycles. The summed E-state index contributed by atoms with van der Waals surface area (Å²) in [6, 6.07) is 12.3. The van der Waals surface area contributed by atoms with E-state index in [9.17, 15) is 13.7 Å². The highest BCUT2D eigenvalue weighted by Crippen LogP contribution is 2.23. The smallest absolute Gasteiger partial charge is 0.244 e. The Hall–Kier alpha value is -2.70. The predicted molar refractivity (Wildman–Crippen MR) is 115 cm³/mol. The van der Waals surface area contributed by atoms with Crippen LogP contribution in [-0.4, -0.2) is 62.2 Å². The van der Waals surface area contributed by atoms with E-state index in [4.69, 9.17) is 0 Å². The third-order valence-corrected chi connectivity index (χ3v) is 7.71. The molecule has 2 saturated heterocycles. The molecular formula is C21H26N6O2S. The van der Waals surface area contributed by atoms with Gasteiger partial charge in [-0.3, -0.25) is 0 Å². The highest BCUT2D eigenvalue weighted by atomic mass is 32.2. The van der Waals surface area contributed by atoms with Crippen molar-refractivity contribution in [1.29, 1.82) is 5.26 Å². The highest BCUT2D eigenvalue weighted by Gasteiger charge is 2.30. The molecule has 0 atom stereocenters. The van der Waals surface area contributed by atoms with E-state index in [0.717, 1.165) is 24.7 Å². The summed E-state index contributed by atoms with van der Waals surface area (Å²) in [6.45, 7) is 3.80. The second-order valence-electron chi connectivity index (χ2n) is 7.65. The quantitative estimate of drug-likeness (QED) is 0.740. The minimum atomic E-state index is -3.69. The molecule has 0 unspecified atom stereocenters. The Morgan fingerprint density at radius 3 is 1.90 bits per heavy atom. The van der Waals surface area contributed by atoms with Crippen LogP contribution in [-0.2, 0) is 10.0 Å². The number of hydrogen-bond acceptors (Lipinski definition) is 7. The number of anilines is 2. The van der Waals surface area contributed by atoms with Gasteiger partial charge in [-0.25, -0.2) is 8.42 Å². The van der Waals surface area contributed by atoms with Gasteiger partial charge in [0.05, 0.1) is 10.5 Å². The molecule has 0 radical (unpaired) electrons. The normalized spacial score (nSPS) is 18.6. The molecule has 0 bridgehead atoms. The zero-order chi connectivity index (χ0) is 21.0. The molecule has 2 aliphatic rings. The molecule has 0 aliphatic carbocycles. The van der Waals surface area contributed by atoms with Crippen LogP contribution in [0.3, 0.4) is 0 Å². The molecule has 3 heterocycles. The molecule has 2 aliphatic heterocycles. The van der Waals surface area contributed by atoms with Gasteiger partial charge in [0, 0.05) is 39.3 Å². The average molecular weight is 427 g/mol. The fourth-order valence-corrected chi connectivity index (χ4v) is 5.60. The van der Waals surface area contributed by atoms with Crippen molar-refractivity contribution in [2.75, 3.05) is 49.1 Å². The van der Waals surface area contributed by atoms with Gasteiger partial charge in [-0.2, -0.15) is 9.57 Å². The third-order valence-electron chi connectivity index (χ3n) is 5.75. The Balaban J connectivity index is 1.41. The van der Waals surface area contributed by atoms with E-state index in [0.29, 0.717) is 26.2 Å². The molecule has 0 amide bonds. The lowest BCUT2D eigenvalue weighted by molar-refractivity contribution is 0.383. The van der Waals surface area contributed by atoms with Crippen LogP contribution in [0.2, 0.25) is 0 Å². The summed E-state index contributed by atoms with van der Waals surface area (Å²) < 4.78 is 27.4. The molecule has 30 heavy (non-hydrogen) atoms. The summed E-state index contributed by atoms with van der Waals surface area (Å²) in [5.41, 5.74) is 0.176. The maximum Gasteiger partial charge on any atom is 0.244 e. The Bertz CT molecular complexity index is 1000. The van der Waals surface area contributed by atoms with Crippen LogP contribution in [0.25, 0.3) is 0 Å². The molecule has 8 nitrogen and oxygen atoms in total. The van der Waals surface area contributed by atoms with Gasteiger partial charge in [0.1, 0.15) is 6.07 Å². The summed E-state index contributed by atoms with van der Waals surface area (Å²) >= 11 is 0. The number of nitrogens with zero attached hydrogens (tertiary/aromatic N) is 6. The molecule has 9 heteroatoms. The van der Waals surface area contributed by atoms with Gasteiger partial charge in [-0.05, 0) is 37.1 Å². The maximum absolute atomic E-state index is 13.0. The lowest BCUT2D eigenvalue weighted by atomic mass is 10.2. The van der Waals surface area contributed by atoms with E-state index in [1.807, 2.05) is 18.2 Å². The predicted octanol–water partition coefficient (Wildman–Crippen LogP) is 2.24. The largest absolute Gasteiger partial charge is 0.355 e. The van der Waals surface area contributed by atoms with Gasteiger partial charge in [-0.1, -0.05) is 25.0 Å². The number of aromatic nitrogens is 2. The number of nitriles is 1. The highest BCUT2D eigenvalue weighted by molar-refractivity contribution is 7.89. The van der Waals surface area contributed by atoms with Crippen LogP contribution < -0.4 is 9.80 Å². The maximum atomic E-state index is 13.0. The first-order valence-electron chi connectivity index (χ1n) is 10.4. The molecule has 2 aromatic rings. The fourth-order valence-electron chi connectivity index (χ4n) is 4.04. The summed E-state index contributed by atoms with van der Waals surface area (Å²) in [7, 11) is -3.69. The van der Waals surface area contributed by atoms with E-state index in [1.165, 1.54) is 42.1 Å². The van der Waals surface area contributed by atoms with Gasteiger partial charge in [0.2, 0.25) is 10.0 Å². The lowest BCUT2D eigenvalue weighted by Crippen LogP contribution is -2.49. The molecule has 0 N–H and O–H groups in total. The minimum Gasteiger partial charge on any atom is -0.355 e. The van der Waals surface area contributed by atoms with Crippen LogP contribution in [0.15, 0.2) is 41.3 Å². The first-order valence-corrected chi connectivity index (χ1v) is 11.9. The van der Waals surface area contributed by atoms with Crippen LogP contribution in [0.1, 0.15) is 31.2 Å². The second-order valence-corrected chi connectivity index (χ2v) is 9.56. The van der Waals surface area contributed by atoms with Crippen LogP contribution in [0.4, 0.5) is 11.6 Å². The number of hydrogen-bond donors (Lipinski definition) is 0. The van der Waals surface area contributed by atoms with Gasteiger partial charge in [-0.15, -0.1) is 10.2 Å². The molecular weight excluding hydrogens is 400 g/mol. The standard InChI is InChI=1S/C21H26N6O2S/c22-17-18-7-3-4-8-19(18)30(28,29)27-15-13-26(14-16-27)21-10-9-20(23-24-21)25-11-5-1-2-6-12-25/h3-4,7-10H,1-2,5-6,11-16H2. The molecule has 158 valence electrons. The van der Waals surface area contributed by atoms with Crippen LogP contribution in [0.5, 0.6) is 0 Å². The van der Waals surface area contributed by atoms with Crippen LogP contribution >= 0.6 is 0 Å². The molecule has 1 aromatic carbocycles. The van der Waals surface area contributed by atoms with Gasteiger partial charge in [0.15, 0.2) is 11.6 Å². The summed E-state index contributed by atoms with van der Waals surface area (Å²) in [5, 5.41) is 18.1. The van der Waals surface area contributed by atoms with Crippen molar-refractivity contribution in [3.8, 4) is 6.07 Å². The van der Waals surface area contributed by atoms with E-state index < -0.39 is 10.0 Å². The Morgan fingerprint density at radius 1 is 0.767 bits per heavy atom.